The lowest BCUT2D eigenvalue weighted by Gasteiger charge is -2.35. The Labute approximate surface area is 110 Å². The Morgan fingerprint density at radius 2 is 2.17 bits per heavy atom. The van der Waals surface area contributed by atoms with Crippen LogP contribution in [0.25, 0.3) is 0 Å². The first-order chi connectivity index (χ1) is 8.25. The molecule has 0 aliphatic carbocycles. The summed E-state index contributed by atoms with van der Waals surface area (Å²) in [4.78, 5) is 0. The van der Waals surface area contributed by atoms with Crippen molar-refractivity contribution in [3.63, 3.8) is 0 Å². The molecule has 0 aromatic carbocycles. The van der Waals surface area contributed by atoms with Gasteiger partial charge in [0, 0.05) is 19.1 Å². The highest BCUT2D eigenvalue weighted by Gasteiger charge is 2.34. The molecule has 0 amide bonds. The third-order valence-corrected chi connectivity index (χ3v) is 5.27. The summed E-state index contributed by atoms with van der Waals surface area (Å²) in [6.07, 6.45) is 1.97. The Morgan fingerprint density at radius 1 is 1.56 bits per heavy atom. The van der Waals surface area contributed by atoms with Crippen LogP contribution >= 0.6 is 0 Å². The van der Waals surface area contributed by atoms with Gasteiger partial charge in [0.2, 0.25) is 0 Å². The quantitative estimate of drug-likeness (QED) is 0.569. The number of nitrogens with two attached hydrogens (primary N) is 1. The number of amidine groups is 1. The molecule has 1 unspecified atom stereocenters. The SMILES string of the molecule is CC1CCCN(S(=O)(=O)N(CC(=N)N)C(C)C)C1. The van der Waals surface area contributed by atoms with E-state index in [1.165, 1.54) is 8.61 Å². The molecule has 1 heterocycles. The highest BCUT2D eigenvalue weighted by Crippen LogP contribution is 2.21. The van der Waals surface area contributed by atoms with E-state index in [2.05, 4.69) is 6.92 Å². The first kappa shape index (κ1) is 15.4. The van der Waals surface area contributed by atoms with Gasteiger partial charge in [-0.3, -0.25) is 5.41 Å². The molecule has 0 aromatic heterocycles. The standard InChI is InChI=1S/C11H24N4O2S/c1-9(2)15(8-11(12)13)18(16,17)14-6-4-5-10(3)7-14/h9-10H,4-8H2,1-3H3,(H3,12,13). The second-order valence-electron chi connectivity index (χ2n) is 5.28. The van der Waals surface area contributed by atoms with E-state index in [9.17, 15) is 8.42 Å². The van der Waals surface area contributed by atoms with Gasteiger partial charge in [0.25, 0.3) is 10.2 Å². The van der Waals surface area contributed by atoms with E-state index in [-0.39, 0.29) is 18.4 Å². The highest BCUT2D eigenvalue weighted by molar-refractivity contribution is 7.86. The van der Waals surface area contributed by atoms with Crippen molar-refractivity contribution in [1.29, 1.82) is 5.41 Å². The summed E-state index contributed by atoms with van der Waals surface area (Å²) in [7, 11) is -3.51. The predicted octanol–water partition coefficient (Wildman–Crippen LogP) is 0.609. The zero-order valence-electron chi connectivity index (χ0n) is 11.4. The van der Waals surface area contributed by atoms with E-state index < -0.39 is 10.2 Å². The van der Waals surface area contributed by atoms with Gasteiger partial charge in [-0.25, -0.2) is 0 Å². The van der Waals surface area contributed by atoms with Gasteiger partial charge >= 0.3 is 0 Å². The van der Waals surface area contributed by atoms with Crippen molar-refractivity contribution in [2.24, 2.45) is 11.7 Å². The van der Waals surface area contributed by atoms with Crippen molar-refractivity contribution < 1.29 is 8.42 Å². The molecule has 0 bridgehead atoms. The fraction of sp³-hybridized carbons (Fsp3) is 0.909. The summed E-state index contributed by atoms with van der Waals surface area (Å²) in [5.74, 6) is 0.261. The molecular weight excluding hydrogens is 252 g/mol. The van der Waals surface area contributed by atoms with E-state index in [0.717, 1.165) is 12.8 Å². The Kier molecular flexibility index (Phi) is 5.12. The second kappa shape index (κ2) is 5.99. The molecule has 1 atom stereocenters. The van der Waals surface area contributed by atoms with Crippen LogP contribution in [0.1, 0.15) is 33.6 Å². The summed E-state index contributed by atoms with van der Waals surface area (Å²) in [6.45, 7) is 6.75. The summed E-state index contributed by atoms with van der Waals surface area (Å²) in [6, 6.07) is -0.198. The molecule has 0 saturated carbocycles. The van der Waals surface area contributed by atoms with E-state index in [0.29, 0.717) is 19.0 Å². The molecule has 1 fully saturated rings. The van der Waals surface area contributed by atoms with Crippen LogP contribution in [-0.4, -0.2) is 48.5 Å². The molecule has 0 aromatic rings. The minimum Gasteiger partial charge on any atom is -0.387 e. The average Bonchev–Trinajstić information content (AvgIpc) is 2.25. The molecule has 1 aliphatic rings. The molecule has 6 nitrogen and oxygen atoms in total. The smallest absolute Gasteiger partial charge is 0.282 e. The number of hydrogen-bond donors (Lipinski definition) is 2. The van der Waals surface area contributed by atoms with Crippen LogP contribution in [-0.2, 0) is 10.2 Å². The molecular formula is C11H24N4O2S. The average molecular weight is 276 g/mol. The molecule has 1 aliphatic heterocycles. The van der Waals surface area contributed by atoms with Crippen molar-refractivity contribution in [3.8, 4) is 0 Å². The Morgan fingerprint density at radius 3 is 2.61 bits per heavy atom. The largest absolute Gasteiger partial charge is 0.387 e. The van der Waals surface area contributed by atoms with Crippen molar-refractivity contribution in [2.45, 2.75) is 39.7 Å². The van der Waals surface area contributed by atoms with Crippen LogP contribution < -0.4 is 5.73 Å². The van der Waals surface area contributed by atoms with Crippen LogP contribution in [0, 0.1) is 11.3 Å². The van der Waals surface area contributed by atoms with Crippen molar-refractivity contribution in [1.82, 2.24) is 8.61 Å². The topological polar surface area (TPSA) is 90.5 Å². The molecule has 0 radical (unpaired) electrons. The summed E-state index contributed by atoms with van der Waals surface area (Å²) in [5, 5.41) is 7.30. The highest BCUT2D eigenvalue weighted by atomic mass is 32.2. The number of nitrogens with one attached hydrogen (secondary N) is 1. The maximum Gasteiger partial charge on any atom is 0.282 e. The second-order valence-corrected chi connectivity index (χ2v) is 7.16. The molecule has 7 heteroatoms. The third-order valence-electron chi connectivity index (χ3n) is 3.14. The number of hydrogen-bond acceptors (Lipinski definition) is 3. The fourth-order valence-electron chi connectivity index (χ4n) is 2.20. The summed E-state index contributed by atoms with van der Waals surface area (Å²) >= 11 is 0. The van der Waals surface area contributed by atoms with Gasteiger partial charge in [-0.1, -0.05) is 6.92 Å². The van der Waals surface area contributed by atoms with Gasteiger partial charge in [-0.2, -0.15) is 17.0 Å². The third kappa shape index (κ3) is 3.66. The zero-order valence-corrected chi connectivity index (χ0v) is 12.2. The number of piperidine rings is 1. The molecule has 0 spiro atoms. The van der Waals surface area contributed by atoms with Crippen LogP contribution in [0.3, 0.4) is 0 Å². The summed E-state index contributed by atoms with van der Waals surface area (Å²) in [5.41, 5.74) is 5.34. The molecule has 1 rings (SSSR count). The molecule has 18 heavy (non-hydrogen) atoms. The number of nitrogens with zero attached hydrogens (tertiary/aromatic N) is 2. The minimum absolute atomic E-state index is 0.0368. The van der Waals surface area contributed by atoms with Crippen LogP contribution in [0.5, 0.6) is 0 Å². The van der Waals surface area contributed by atoms with Gasteiger partial charge in [0.05, 0.1) is 6.54 Å². The first-order valence-corrected chi connectivity index (χ1v) is 7.74. The van der Waals surface area contributed by atoms with Gasteiger partial charge < -0.3 is 5.73 Å². The van der Waals surface area contributed by atoms with Gasteiger partial charge in [0.15, 0.2) is 0 Å². The van der Waals surface area contributed by atoms with E-state index in [4.69, 9.17) is 11.1 Å². The Hall–Kier alpha value is -0.660. The maximum atomic E-state index is 12.5. The van der Waals surface area contributed by atoms with Gasteiger partial charge in [-0.15, -0.1) is 0 Å². The van der Waals surface area contributed by atoms with Crippen LogP contribution in [0.2, 0.25) is 0 Å². The van der Waals surface area contributed by atoms with Crippen molar-refractivity contribution in [3.05, 3.63) is 0 Å². The van der Waals surface area contributed by atoms with Gasteiger partial charge in [0.1, 0.15) is 5.84 Å². The fourth-order valence-corrected chi connectivity index (χ4v) is 4.14. The zero-order chi connectivity index (χ0) is 13.9. The lowest BCUT2D eigenvalue weighted by Crippen LogP contribution is -2.52. The summed E-state index contributed by atoms with van der Waals surface area (Å²) < 4.78 is 27.8. The monoisotopic (exact) mass is 276 g/mol. The normalized spacial score (nSPS) is 22.6. The van der Waals surface area contributed by atoms with E-state index >= 15 is 0 Å². The minimum atomic E-state index is -3.51. The van der Waals surface area contributed by atoms with Crippen LogP contribution in [0.15, 0.2) is 0 Å². The lowest BCUT2D eigenvalue weighted by atomic mass is 10.0. The number of rotatable bonds is 5. The molecule has 1 saturated heterocycles. The predicted molar refractivity (Wildman–Crippen MR) is 72.6 cm³/mol. The first-order valence-electron chi connectivity index (χ1n) is 6.35. The van der Waals surface area contributed by atoms with E-state index in [1.54, 1.807) is 13.8 Å². The molecule has 3 N–H and O–H groups in total. The Bertz CT molecular complexity index is 394. The van der Waals surface area contributed by atoms with Crippen molar-refractivity contribution in [2.75, 3.05) is 19.6 Å². The van der Waals surface area contributed by atoms with Crippen molar-refractivity contribution >= 4 is 16.0 Å². The van der Waals surface area contributed by atoms with Gasteiger partial charge in [-0.05, 0) is 32.6 Å². The Balaban J connectivity index is 2.90. The maximum absolute atomic E-state index is 12.5. The lowest BCUT2D eigenvalue weighted by molar-refractivity contribution is 0.253. The van der Waals surface area contributed by atoms with Crippen LogP contribution in [0.4, 0.5) is 0 Å². The molecule has 106 valence electrons. The van der Waals surface area contributed by atoms with E-state index in [1.807, 2.05) is 0 Å².